The van der Waals surface area contributed by atoms with Crippen LogP contribution in [0.3, 0.4) is 0 Å². The molecule has 1 amide bonds. The molecule has 21 heavy (non-hydrogen) atoms. The molecule has 1 saturated heterocycles. The second-order valence-electron chi connectivity index (χ2n) is 5.48. The molecular weight excluding hydrogens is 326 g/mol. The minimum absolute atomic E-state index is 0.148. The summed E-state index contributed by atoms with van der Waals surface area (Å²) in [6, 6.07) is 18.3. The Hall–Kier alpha value is -1.61. The lowest BCUT2D eigenvalue weighted by molar-refractivity contribution is 0.0791. The highest BCUT2D eigenvalue weighted by Gasteiger charge is 2.27. The van der Waals surface area contributed by atoms with E-state index in [1.54, 1.807) is 0 Å². The third-order valence-electron chi connectivity index (χ3n) is 4.10. The van der Waals surface area contributed by atoms with Gasteiger partial charge in [-0.15, -0.1) is 0 Å². The van der Waals surface area contributed by atoms with Crippen LogP contribution in [-0.4, -0.2) is 23.9 Å². The molecule has 0 aliphatic carbocycles. The van der Waals surface area contributed by atoms with Gasteiger partial charge in [0.05, 0.1) is 0 Å². The van der Waals surface area contributed by atoms with Gasteiger partial charge in [-0.05, 0) is 29.7 Å². The SMILES string of the molecule is O=C(c1ccc(CBr)cc1)N1CCC(c2ccccc2)C1. The molecule has 0 N–H and O–H groups in total. The van der Waals surface area contributed by atoms with E-state index in [9.17, 15) is 4.79 Å². The van der Waals surface area contributed by atoms with Gasteiger partial charge < -0.3 is 4.90 Å². The van der Waals surface area contributed by atoms with Gasteiger partial charge in [0.15, 0.2) is 0 Å². The van der Waals surface area contributed by atoms with E-state index in [0.717, 1.165) is 30.4 Å². The van der Waals surface area contributed by atoms with Gasteiger partial charge in [0.1, 0.15) is 0 Å². The van der Waals surface area contributed by atoms with Crippen LogP contribution in [0.15, 0.2) is 54.6 Å². The van der Waals surface area contributed by atoms with Crippen LogP contribution in [-0.2, 0) is 5.33 Å². The number of halogens is 1. The number of carbonyl (C=O) groups excluding carboxylic acids is 1. The zero-order valence-electron chi connectivity index (χ0n) is 11.8. The Morgan fingerprint density at radius 3 is 2.48 bits per heavy atom. The van der Waals surface area contributed by atoms with E-state index in [1.807, 2.05) is 35.2 Å². The first-order chi connectivity index (χ1) is 10.3. The van der Waals surface area contributed by atoms with Crippen LogP contribution in [0, 0.1) is 0 Å². The van der Waals surface area contributed by atoms with E-state index in [4.69, 9.17) is 0 Å². The van der Waals surface area contributed by atoms with E-state index in [-0.39, 0.29) is 5.91 Å². The highest BCUT2D eigenvalue weighted by molar-refractivity contribution is 9.08. The minimum atomic E-state index is 0.148. The van der Waals surface area contributed by atoms with Gasteiger partial charge in [-0.2, -0.15) is 0 Å². The van der Waals surface area contributed by atoms with Gasteiger partial charge in [0.25, 0.3) is 5.91 Å². The molecule has 0 saturated carbocycles. The molecule has 1 unspecified atom stereocenters. The van der Waals surface area contributed by atoms with Crippen molar-refractivity contribution in [2.45, 2.75) is 17.7 Å². The molecule has 2 nitrogen and oxygen atoms in total. The van der Waals surface area contributed by atoms with Crippen LogP contribution in [0.25, 0.3) is 0 Å². The van der Waals surface area contributed by atoms with Crippen molar-refractivity contribution in [3.63, 3.8) is 0 Å². The van der Waals surface area contributed by atoms with Gasteiger partial charge in [-0.3, -0.25) is 4.79 Å². The second kappa shape index (κ2) is 6.44. The molecule has 1 fully saturated rings. The fourth-order valence-electron chi connectivity index (χ4n) is 2.86. The topological polar surface area (TPSA) is 20.3 Å². The van der Waals surface area contributed by atoms with Gasteiger partial charge in [0, 0.05) is 29.9 Å². The van der Waals surface area contributed by atoms with Gasteiger partial charge in [-0.25, -0.2) is 0 Å². The molecule has 1 heterocycles. The predicted octanol–water partition coefficient (Wildman–Crippen LogP) is 4.21. The summed E-state index contributed by atoms with van der Waals surface area (Å²) < 4.78 is 0. The summed E-state index contributed by atoms with van der Waals surface area (Å²) in [7, 11) is 0. The normalized spacial score (nSPS) is 18.0. The number of carbonyl (C=O) groups is 1. The second-order valence-corrected chi connectivity index (χ2v) is 6.04. The van der Waals surface area contributed by atoms with E-state index >= 15 is 0 Å². The average molecular weight is 344 g/mol. The van der Waals surface area contributed by atoms with Crippen molar-refractivity contribution in [2.75, 3.05) is 13.1 Å². The summed E-state index contributed by atoms with van der Waals surface area (Å²) in [6.07, 6.45) is 1.05. The average Bonchev–Trinajstić information content (AvgIpc) is 3.05. The molecule has 1 aliphatic rings. The first-order valence-electron chi connectivity index (χ1n) is 7.27. The van der Waals surface area contributed by atoms with Crippen molar-refractivity contribution >= 4 is 21.8 Å². The largest absolute Gasteiger partial charge is 0.338 e. The monoisotopic (exact) mass is 343 g/mol. The predicted molar refractivity (Wildman–Crippen MR) is 88.8 cm³/mol. The Morgan fingerprint density at radius 1 is 1.10 bits per heavy atom. The fraction of sp³-hybridized carbons (Fsp3) is 0.278. The third-order valence-corrected chi connectivity index (χ3v) is 4.75. The highest BCUT2D eigenvalue weighted by Crippen LogP contribution is 2.28. The van der Waals surface area contributed by atoms with Gasteiger partial charge >= 0.3 is 0 Å². The molecule has 2 aromatic rings. The molecule has 2 aromatic carbocycles. The lowest BCUT2D eigenvalue weighted by atomic mass is 9.99. The Morgan fingerprint density at radius 2 is 1.81 bits per heavy atom. The van der Waals surface area contributed by atoms with Crippen LogP contribution in [0.4, 0.5) is 0 Å². The Kier molecular flexibility index (Phi) is 4.39. The lowest BCUT2D eigenvalue weighted by Gasteiger charge is -2.17. The summed E-state index contributed by atoms with van der Waals surface area (Å²) in [5.74, 6) is 0.617. The van der Waals surface area contributed by atoms with E-state index in [1.165, 1.54) is 11.1 Å². The summed E-state index contributed by atoms with van der Waals surface area (Å²) in [5.41, 5.74) is 3.31. The van der Waals surface area contributed by atoms with Crippen molar-refractivity contribution in [3.05, 3.63) is 71.3 Å². The highest BCUT2D eigenvalue weighted by atomic mass is 79.9. The van der Waals surface area contributed by atoms with Crippen molar-refractivity contribution in [1.82, 2.24) is 4.90 Å². The smallest absolute Gasteiger partial charge is 0.253 e. The number of hydrogen-bond donors (Lipinski definition) is 0. The summed E-state index contributed by atoms with van der Waals surface area (Å²) in [4.78, 5) is 14.5. The number of nitrogens with zero attached hydrogens (tertiary/aromatic N) is 1. The summed E-state index contributed by atoms with van der Waals surface area (Å²) in [5, 5.41) is 0.821. The Bertz CT molecular complexity index is 609. The maximum Gasteiger partial charge on any atom is 0.253 e. The van der Waals surface area contributed by atoms with Crippen LogP contribution >= 0.6 is 15.9 Å². The number of hydrogen-bond acceptors (Lipinski definition) is 1. The van der Waals surface area contributed by atoms with E-state index in [2.05, 4.69) is 40.2 Å². The number of rotatable bonds is 3. The fourth-order valence-corrected chi connectivity index (χ4v) is 3.23. The number of benzene rings is 2. The third kappa shape index (κ3) is 3.18. The van der Waals surface area contributed by atoms with Crippen LogP contribution in [0.1, 0.15) is 33.8 Å². The first-order valence-corrected chi connectivity index (χ1v) is 8.39. The summed E-state index contributed by atoms with van der Waals surface area (Å²) >= 11 is 3.42. The first kappa shape index (κ1) is 14.3. The zero-order valence-corrected chi connectivity index (χ0v) is 13.4. The van der Waals surface area contributed by atoms with Gasteiger partial charge in [-0.1, -0.05) is 58.4 Å². The van der Waals surface area contributed by atoms with Crippen molar-refractivity contribution in [3.8, 4) is 0 Å². The quantitative estimate of drug-likeness (QED) is 0.764. The molecule has 0 spiro atoms. The Labute approximate surface area is 133 Å². The van der Waals surface area contributed by atoms with E-state index in [0.29, 0.717) is 5.92 Å². The molecule has 1 atom stereocenters. The van der Waals surface area contributed by atoms with Gasteiger partial charge in [0.2, 0.25) is 0 Å². The molecule has 108 valence electrons. The number of likely N-dealkylation sites (tertiary alicyclic amines) is 1. The maximum atomic E-state index is 12.5. The zero-order chi connectivity index (χ0) is 14.7. The molecule has 0 bridgehead atoms. The summed E-state index contributed by atoms with van der Waals surface area (Å²) in [6.45, 7) is 1.67. The number of amides is 1. The van der Waals surface area contributed by atoms with Crippen LogP contribution in [0.5, 0.6) is 0 Å². The molecule has 1 aliphatic heterocycles. The van der Waals surface area contributed by atoms with Crippen molar-refractivity contribution < 1.29 is 4.79 Å². The van der Waals surface area contributed by atoms with Crippen molar-refractivity contribution in [1.29, 1.82) is 0 Å². The molecule has 3 rings (SSSR count). The molecule has 0 aromatic heterocycles. The lowest BCUT2D eigenvalue weighted by Crippen LogP contribution is -2.28. The maximum absolute atomic E-state index is 12.5. The molecule has 3 heteroatoms. The number of alkyl halides is 1. The van der Waals surface area contributed by atoms with Crippen LogP contribution < -0.4 is 0 Å². The minimum Gasteiger partial charge on any atom is -0.338 e. The molecular formula is C18H18BrNO. The standard InChI is InChI=1S/C18H18BrNO/c19-12-14-6-8-16(9-7-14)18(21)20-11-10-17(13-20)15-4-2-1-3-5-15/h1-9,17H,10-13H2. The van der Waals surface area contributed by atoms with Crippen molar-refractivity contribution in [2.24, 2.45) is 0 Å². The van der Waals surface area contributed by atoms with E-state index < -0.39 is 0 Å². The van der Waals surface area contributed by atoms with Crippen LogP contribution in [0.2, 0.25) is 0 Å². The Balaban J connectivity index is 1.69. The molecule has 0 radical (unpaired) electrons.